The second-order valence-electron chi connectivity index (χ2n) is 6.23. The topological polar surface area (TPSA) is 57.7 Å². The molecule has 2 aliphatic rings. The van der Waals surface area contributed by atoms with Crippen molar-refractivity contribution in [1.29, 1.82) is 0 Å². The molecule has 2 amide bonds. The second kappa shape index (κ2) is 6.93. The summed E-state index contributed by atoms with van der Waals surface area (Å²) in [6.07, 6.45) is 4.39. The molecular formula is C15H24N4O2S. The van der Waals surface area contributed by atoms with E-state index in [4.69, 9.17) is 4.74 Å². The van der Waals surface area contributed by atoms with Gasteiger partial charge in [-0.05, 0) is 26.7 Å². The van der Waals surface area contributed by atoms with Crippen molar-refractivity contribution in [3.8, 4) is 0 Å². The summed E-state index contributed by atoms with van der Waals surface area (Å²) < 4.78 is 5.78. The van der Waals surface area contributed by atoms with Crippen LogP contribution in [0, 0.1) is 0 Å². The van der Waals surface area contributed by atoms with Crippen molar-refractivity contribution in [2.24, 2.45) is 0 Å². The minimum absolute atomic E-state index is 0.0215. The average molecular weight is 324 g/mol. The van der Waals surface area contributed by atoms with E-state index in [9.17, 15) is 4.79 Å². The molecule has 0 aliphatic carbocycles. The van der Waals surface area contributed by atoms with Crippen molar-refractivity contribution in [1.82, 2.24) is 14.8 Å². The van der Waals surface area contributed by atoms with Crippen LogP contribution in [0.2, 0.25) is 0 Å². The molecule has 122 valence electrons. The molecule has 0 aromatic carbocycles. The number of thiazole rings is 1. The van der Waals surface area contributed by atoms with Crippen molar-refractivity contribution >= 4 is 22.5 Å². The first kappa shape index (κ1) is 15.7. The maximum atomic E-state index is 12.4. The number of nitrogens with one attached hydrogen (secondary N) is 1. The Hall–Kier alpha value is -1.18. The Bertz CT molecular complexity index is 486. The van der Waals surface area contributed by atoms with Gasteiger partial charge in [0.15, 0.2) is 5.13 Å². The second-order valence-corrected chi connectivity index (χ2v) is 7.13. The molecule has 3 heterocycles. The Balaban J connectivity index is 1.57. The SMILES string of the molecule is C[C@@H]1CN(C[C@H]2CCCN2C(=O)Nc2nccs2)C[C@@H](C)O1. The highest BCUT2D eigenvalue weighted by atomic mass is 32.1. The minimum atomic E-state index is -0.0215. The zero-order chi connectivity index (χ0) is 15.5. The van der Waals surface area contributed by atoms with Gasteiger partial charge in [0.05, 0.1) is 12.2 Å². The number of ether oxygens (including phenoxy) is 1. The molecule has 6 nitrogen and oxygen atoms in total. The lowest BCUT2D eigenvalue weighted by atomic mass is 10.1. The number of likely N-dealkylation sites (tertiary alicyclic amines) is 1. The first-order valence-electron chi connectivity index (χ1n) is 7.96. The number of aromatic nitrogens is 1. The van der Waals surface area contributed by atoms with Crippen LogP contribution >= 0.6 is 11.3 Å². The molecular weight excluding hydrogens is 300 g/mol. The van der Waals surface area contributed by atoms with E-state index >= 15 is 0 Å². The van der Waals surface area contributed by atoms with E-state index in [0.29, 0.717) is 5.13 Å². The summed E-state index contributed by atoms with van der Waals surface area (Å²) in [5.41, 5.74) is 0. The van der Waals surface area contributed by atoms with E-state index in [1.807, 2.05) is 10.3 Å². The van der Waals surface area contributed by atoms with Gasteiger partial charge in [0.1, 0.15) is 0 Å². The molecule has 2 fully saturated rings. The molecule has 1 aromatic heterocycles. The lowest BCUT2D eigenvalue weighted by Crippen LogP contribution is -2.51. The van der Waals surface area contributed by atoms with Crippen LogP contribution in [0.5, 0.6) is 0 Å². The molecule has 1 N–H and O–H groups in total. The summed E-state index contributed by atoms with van der Waals surface area (Å²) in [6.45, 7) is 7.89. The van der Waals surface area contributed by atoms with Crippen molar-refractivity contribution in [3.05, 3.63) is 11.6 Å². The van der Waals surface area contributed by atoms with E-state index in [0.717, 1.165) is 39.0 Å². The smallest absolute Gasteiger partial charge is 0.323 e. The summed E-state index contributed by atoms with van der Waals surface area (Å²) in [4.78, 5) is 20.9. The predicted octanol–water partition coefficient (Wildman–Crippen LogP) is 2.25. The van der Waals surface area contributed by atoms with Crippen LogP contribution in [0.25, 0.3) is 0 Å². The molecule has 22 heavy (non-hydrogen) atoms. The third-order valence-corrected chi connectivity index (χ3v) is 4.94. The van der Waals surface area contributed by atoms with Crippen LogP contribution in [-0.4, -0.2) is 65.2 Å². The zero-order valence-corrected chi connectivity index (χ0v) is 14.0. The van der Waals surface area contributed by atoms with Gasteiger partial charge in [-0.1, -0.05) is 0 Å². The standard InChI is InChI=1S/C15H24N4O2S/c1-11-8-18(9-12(2)21-11)10-13-4-3-6-19(13)15(20)17-14-16-5-7-22-14/h5,7,11-13H,3-4,6,8-10H2,1-2H3,(H,16,17,20)/t11-,12-,13-/m1/s1. The number of nitrogens with zero attached hydrogens (tertiary/aromatic N) is 3. The van der Waals surface area contributed by atoms with Gasteiger partial charge in [-0.2, -0.15) is 0 Å². The fourth-order valence-electron chi connectivity index (χ4n) is 3.47. The molecule has 3 atom stereocenters. The molecule has 0 saturated carbocycles. The van der Waals surface area contributed by atoms with Crippen LogP contribution in [-0.2, 0) is 4.74 Å². The summed E-state index contributed by atoms with van der Waals surface area (Å²) >= 11 is 1.45. The average Bonchev–Trinajstić information content (AvgIpc) is 3.08. The number of rotatable bonds is 3. The number of hydrogen-bond donors (Lipinski definition) is 1. The lowest BCUT2D eigenvalue weighted by molar-refractivity contribution is -0.0712. The number of anilines is 1. The highest BCUT2D eigenvalue weighted by molar-refractivity contribution is 7.13. The summed E-state index contributed by atoms with van der Waals surface area (Å²) in [5.74, 6) is 0. The molecule has 0 spiro atoms. The van der Waals surface area contributed by atoms with Crippen LogP contribution in [0.4, 0.5) is 9.93 Å². The van der Waals surface area contributed by atoms with Crippen LogP contribution in [0.1, 0.15) is 26.7 Å². The summed E-state index contributed by atoms with van der Waals surface area (Å²) in [5, 5.41) is 5.44. The molecule has 2 aliphatic heterocycles. The fraction of sp³-hybridized carbons (Fsp3) is 0.733. The normalized spacial score (nSPS) is 29.7. The number of carbonyl (C=O) groups is 1. The van der Waals surface area contributed by atoms with Gasteiger partial charge in [0.25, 0.3) is 0 Å². The van der Waals surface area contributed by atoms with E-state index in [1.54, 1.807) is 6.20 Å². The van der Waals surface area contributed by atoms with Gasteiger partial charge in [0, 0.05) is 43.8 Å². The van der Waals surface area contributed by atoms with E-state index in [1.165, 1.54) is 11.3 Å². The largest absolute Gasteiger partial charge is 0.373 e. The van der Waals surface area contributed by atoms with E-state index < -0.39 is 0 Å². The first-order valence-corrected chi connectivity index (χ1v) is 8.84. The molecule has 0 bridgehead atoms. The lowest BCUT2D eigenvalue weighted by Gasteiger charge is -2.38. The Labute approximate surface area is 135 Å². The van der Waals surface area contributed by atoms with E-state index in [2.05, 4.69) is 29.0 Å². The van der Waals surface area contributed by atoms with Gasteiger partial charge in [-0.15, -0.1) is 11.3 Å². The third-order valence-electron chi connectivity index (χ3n) is 4.25. The predicted molar refractivity (Wildman–Crippen MR) is 87.3 cm³/mol. The van der Waals surface area contributed by atoms with Gasteiger partial charge in [-0.3, -0.25) is 10.2 Å². The Morgan fingerprint density at radius 3 is 2.91 bits per heavy atom. The third kappa shape index (κ3) is 3.77. The number of carbonyl (C=O) groups excluding carboxylic acids is 1. The van der Waals surface area contributed by atoms with Crippen LogP contribution in [0.3, 0.4) is 0 Å². The molecule has 1 aromatic rings. The van der Waals surface area contributed by atoms with Gasteiger partial charge >= 0.3 is 6.03 Å². The molecule has 0 radical (unpaired) electrons. The molecule has 0 unspecified atom stereocenters. The Morgan fingerprint density at radius 1 is 1.45 bits per heavy atom. The molecule has 7 heteroatoms. The Morgan fingerprint density at radius 2 is 2.23 bits per heavy atom. The zero-order valence-electron chi connectivity index (χ0n) is 13.2. The number of urea groups is 1. The highest BCUT2D eigenvalue weighted by Crippen LogP contribution is 2.22. The minimum Gasteiger partial charge on any atom is -0.373 e. The van der Waals surface area contributed by atoms with Crippen molar-refractivity contribution in [2.75, 3.05) is 31.5 Å². The van der Waals surface area contributed by atoms with Gasteiger partial charge in [-0.25, -0.2) is 9.78 Å². The molecule has 2 saturated heterocycles. The highest BCUT2D eigenvalue weighted by Gasteiger charge is 2.32. The van der Waals surface area contributed by atoms with Crippen LogP contribution < -0.4 is 5.32 Å². The van der Waals surface area contributed by atoms with Crippen molar-refractivity contribution < 1.29 is 9.53 Å². The maximum Gasteiger partial charge on any atom is 0.323 e. The quantitative estimate of drug-likeness (QED) is 0.926. The number of hydrogen-bond acceptors (Lipinski definition) is 5. The summed E-state index contributed by atoms with van der Waals surface area (Å²) in [6, 6.07) is 0.268. The maximum absolute atomic E-state index is 12.4. The van der Waals surface area contributed by atoms with Crippen molar-refractivity contribution in [2.45, 2.75) is 44.9 Å². The number of amides is 2. The van der Waals surface area contributed by atoms with Gasteiger partial charge in [0.2, 0.25) is 0 Å². The summed E-state index contributed by atoms with van der Waals surface area (Å²) in [7, 11) is 0. The fourth-order valence-corrected chi connectivity index (χ4v) is 3.99. The molecule has 3 rings (SSSR count). The number of morpholine rings is 1. The van der Waals surface area contributed by atoms with Crippen LogP contribution in [0.15, 0.2) is 11.6 Å². The Kier molecular flexibility index (Phi) is 4.95. The monoisotopic (exact) mass is 324 g/mol. The van der Waals surface area contributed by atoms with Crippen molar-refractivity contribution in [3.63, 3.8) is 0 Å². The van der Waals surface area contributed by atoms with E-state index in [-0.39, 0.29) is 24.3 Å². The van der Waals surface area contributed by atoms with Gasteiger partial charge < -0.3 is 9.64 Å². The first-order chi connectivity index (χ1) is 10.6.